The van der Waals surface area contributed by atoms with Gasteiger partial charge in [0.1, 0.15) is 11.6 Å². The van der Waals surface area contributed by atoms with E-state index < -0.39 is 0 Å². The molecule has 0 radical (unpaired) electrons. The van der Waals surface area contributed by atoms with Crippen LogP contribution < -0.4 is 0 Å². The number of rotatable bonds is 7. The van der Waals surface area contributed by atoms with Crippen molar-refractivity contribution < 1.29 is 8.78 Å². The molecule has 0 N–H and O–H groups in total. The molecule has 2 aromatic carbocycles. The van der Waals surface area contributed by atoms with E-state index >= 15 is 0 Å². The molecular weight excluding hydrogens is 326 g/mol. The predicted molar refractivity (Wildman–Crippen MR) is 105 cm³/mol. The molecule has 3 rings (SSSR count). The van der Waals surface area contributed by atoms with Crippen LogP contribution in [0.2, 0.25) is 0 Å². The predicted octanol–water partition coefficient (Wildman–Crippen LogP) is 6.38. The highest BCUT2D eigenvalue weighted by atomic mass is 19.1. The second-order valence-electron chi connectivity index (χ2n) is 7.47. The molecule has 0 saturated carbocycles. The number of hydrogen-bond acceptors (Lipinski definition) is 0. The minimum atomic E-state index is -0.384. The Hall–Kier alpha value is -1.96. The molecule has 0 amide bonds. The highest BCUT2D eigenvalue weighted by Gasteiger charge is 2.20. The summed E-state index contributed by atoms with van der Waals surface area (Å²) in [6, 6.07) is 9.77. The fourth-order valence-electron chi connectivity index (χ4n) is 4.00. The molecule has 0 spiro atoms. The van der Waals surface area contributed by atoms with Crippen LogP contribution in [0.25, 0.3) is 0 Å². The molecule has 2 aromatic rings. The largest absolute Gasteiger partial charge is 0.207 e. The van der Waals surface area contributed by atoms with E-state index in [1.807, 2.05) is 13.0 Å². The van der Waals surface area contributed by atoms with Crippen LogP contribution in [0.5, 0.6) is 0 Å². The number of aryl methyl sites for hydroxylation is 3. The molecule has 0 aromatic heterocycles. The lowest BCUT2D eigenvalue weighted by Crippen LogP contribution is -2.16. The van der Waals surface area contributed by atoms with Crippen LogP contribution >= 0.6 is 0 Å². The van der Waals surface area contributed by atoms with Crippen molar-refractivity contribution in [2.75, 3.05) is 0 Å². The van der Waals surface area contributed by atoms with Gasteiger partial charge in [-0.1, -0.05) is 31.2 Å². The molecule has 1 atom stereocenters. The van der Waals surface area contributed by atoms with Crippen LogP contribution in [-0.2, 0) is 32.1 Å². The first-order valence-corrected chi connectivity index (χ1v) is 9.79. The number of hydrogen-bond donors (Lipinski definition) is 0. The third kappa shape index (κ3) is 4.41. The van der Waals surface area contributed by atoms with Crippen molar-refractivity contribution in [2.24, 2.45) is 5.92 Å². The van der Waals surface area contributed by atoms with Gasteiger partial charge in [0.2, 0.25) is 0 Å². The van der Waals surface area contributed by atoms with Crippen molar-refractivity contribution in [2.45, 2.75) is 58.3 Å². The van der Waals surface area contributed by atoms with E-state index in [1.54, 1.807) is 0 Å². The SMILES string of the molecule is C=CCCc1ccc2c(c1)CCC(CCc1c(F)cc(CC)cc1F)C2. The van der Waals surface area contributed by atoms with Crippen molar-refractivity contribution in [3.63, 3.8) is 0 Å². The molecular formula is C24H28F2. The van der Waals surface area contributed by atoms with Crippen molar-refractivity contribution >= 4 is 0 Å². The zero-order chi connectivity index (χ0) is 18.5. The summed E-state index contributed by atoms with van der Waals surface area (Å²) in [4.78, 5) is 0. The Kier molecular flexibility index (Phi) is 6.24. The van der Waals surface area contributed by atoms with Gasteiger partial charge in [0.15, 0.2) is 0 Å². The second-order valence-corrected chi connectivity index (χ2v) is 7.47. The van der Waals surface area contributed by atoms with Crippen LogP contribution in [0.3, 0.4) is 0 Å². The van der Waals surface area contributed by atoms with Gasteiger partial charge >= 0.3 is 0 Å². The summed E-state index contributed by atoms with van der Waals surface area (Å²) in [5, 5.41) is 0. The first-order chi connectivity index (χ1) is 12.6. The minimum absolute atomic E-state index is 0.257. The van der Waals surface area contributed by atoms with Crippen LogP contribution in [0, 0.1) is 17.6 Å². The summed E-state index contributed by atoms with van der Waals surface area (Å²) in [5.74, 6) is -0.263. The van der Waals surface area contributed by atoms with Gasteiger partial charge in [0.05, 0.1) is 0 Å². The molecule has 0 fully saturated rings. The van der Waals surface area contributed by atoms with Gasteiger partial charge in [-0.25, -0.2) is 8.78 Å². The number of benzene rings is 2. The van der Waals surface area contributed by atoms with Crippen LogP contribution in [-0.4, -0.2) is 0 Å². The van der Waals surface area contributed by atoms with Gasteiger partial charge in [-0.2, -0.15) is 0 Å². The van der Waals surface area contributed by atoms with E-state index in [0.717, 1.165) is 44.1 Å². The maximum atomic E-state index is 14.2. The van der Waals surface area contributed by atoms with E-state index in [0.29, 0.717) is 18.8 Å². The lowest BCUT2D eigenvalue weighted by atomic mass is 9.80. The van der Waals surface area contributed by atoms with Gasteiger partial charge < -0.3 is 0 Å². The summed E-state index contributed by atoms with van der Waals surface area (Å²) in [7, 11) is 0. The Morgan fingerprint density at radius 2 is 1.81 bits per heavy atom. The monoisotopic (exact) mass is 354 g/mol. The van der Waals surface area contributed by atoms with Crippen molar-refractivity contribution in [3.05, 3.63) is 82.4 Å². The van der Waals surface area contributed by atoms with Crippen LogP contribution in [0.1, 0.15) is 54.0 Å². The van der Waals surface area contributed by atoms with Crippen LogP contribution in [0.4, 0.5) is 8.78 Å². The normalized spacial score (nSPS) is 16.3. The third-order valence-electron chi connectivity index (χ3n) is 5.65. The van der Waals surface area contributed by atoms with Crippen LogP contribution in [0.15, 0.2) is 43.0 Å². The Balaban J connectivity index is 1.62. The lowest BCUT2D eigenvalue weighted by molar-refractivity contribution is 0.418. The average molecular weight is 354 g/mol. The first-order valence-electron chi connectivity index (χ1n) is 9.79. The molecule has 1 unspecified atom stereocenters. The molecule has 0 nitrogen and oxygen atoms in total. The van der Waals surface area contributed by atoms with Gasteiger partial charge in [-0.15, -0.1) is 6.58 Å². The van der Waals surface area contributed by atoms with Crippen molar-refractivity contribution in [3.8, 4) is 0 Å². The highest BCUT2D eigenvalue weighted by Crippen LogP contribution is 2.30. The lowest BCUT2D eigenvalue weighted by Gasteiger charge is -2.25. The fraction of sp³-hybridized carbons (Fsp3) is 0.417. The summed E-state index contributed by atoms with van der Waals surface area (Å²) < 4.78 is 28.4. The molecule has 1 aliphatic carbocycles. The maximum Gasteiger partial charge on any atom is 0.129 e. The molecule has 26 heavy (non-hydrogen) atoms. The topological polar surface area (TPSA) is 0 Å². The second kappa shape index (κ2) is 8.62. The quantitative estimate of drug-likeness (QED) is 0.506. The van der Waals surface area contributed by atoms with E-state index in [1.165, 1.54) is 28.8 Å². The molecule has 0 bridgehead atoms. The molecule has 1 aliphatic rings. The van der Waals surface area contributed by atoms with E-state index in [-0.39, 0.29) is 17.2 Å². The fourth-order valence-corrected chi connectivity index (χ4v) is 4.00. The Bertz CT molecular complexity index is 753. The number of fused-ring (bicyclic) bond motifs is 1. The first kappa shape index (κ1) is 18.8. The van der Waals surface area contributed by atoms with E-state index in [4.69, 9.17) is 0 Å². The molecule has 0 heterocycles. The van der Waals surface area contributed by atoms with Gasteiger partial charge in [0.25, 0.3) is 0 Å². The molecule has 138 valence electrons. The molecule has 0 aliphatic heterocycles. The maximum absolute atomic E-state index is 14.2. The summed E-state index contributed by atoms with van der Waals surface area (Å²) in [6.07, 6.45) is 9.20. The average Bonchev–Trinajstić information content (AvgIpc) is 2.65. The summed E-state index contributed by atoms with van der Waals surface area (Å²) in [6.45, 7) is 5.70. The molecule has 0 saturated heterocycles. The molecule has 2 heteroatoms. The highest BCUT2D eigenvalue weighted by molar-refractivity contribution is 5.34. The number of halogens is 2. The van der Waals surface area contributed by atoms with Gasteiger partial charge in [-0.05, 0) is 91.7 Å². The Labute approximate surface area is 156 Å². The number of allylic oxidation sites excluding steroid dienone is 1. The Morgan fingerprint density at radius 3 is 2.50 bits per heavy atom. The van der Waals surface area contributed by atoms with E-state index in [9.17, 15) is 8.78 Å². The summed E-state index contributed by atoms with van der Waals surface area (Å²) in [5.41, 5.74) is 5.22. The smallest absolute Gasteiger partial charge is 0.129 e. The third-order valence-corrected chi connectivity index (χ3v) is 5.65. The Morgan fingerprint density at radius 1 is 1.04 bits per heavy atom. The zero-order valence-electron chi connectivity index (χ0n) is 15.7. The standard InChI is InChI=1S/C24H28F2/c1-3-5-6-18-7-10-21-14-19(8-11-20(21)13-18)9-12-22-23(25)15-17(4-2)16-24(22)26/h3,7,10,13,15-16,19H,1,4-6,8-9,11-12,14H2,2H3. The van der Waals surface area contributed by atoms with Gasteiger partial charge in [-0.3, -0.25) is 0 Å². The van der Waals surface area contributed by atoms with Crippen molar-refractivity contribution in [1.29, 1.82) is 0 Å². The minimum Gasteiger partial charge on any atom is -0.207 e. The van der Waals surface area contributed by atoms with Gasteiger partial charge in [0, 0.05) is 5.56 Å². The summed E-state index contributed by atoms with van der Waals surface area (Å²) >= 11 is 0. The van der Waals surface area contributed by atoms with Crippen molar-refractivity contribution in [1.82, 2.24) is 0 Å². The zero-order valence-corrected chi connectivity index (χ0v) is 15.7. The van der Waals surface area contributed by atoms with E-state index in [2.05, 4.69) is 24.8 Å².